The zero-order valence-corrected chi connectivity index (χ0v) is 25.1. The molecule has 0 fully saturated rings. The van der Waals surface area contributed by atoms with Gasteiger partial charge in [-0.2, -0.15) is 0 Å². The van der Waals surface area contributed by atoms with Gasteiger partial charge in [-0.25, -0.2) is 13.4 Å². The monoisotopic (exact) mass is 568 g/mol. The van der Waals surface area contributed by atoms with E-state index in [2.05, 4.69) is 29.7 Å². The highest BCUT2D eigenvalue weighted by atomic mass is 32.2. The zero-order chi connectivity index (χ0) is 29.0. The molecule has 0 unspecified atom stereocenters. The van der Waals surface area contributed by atoms with Crippen molar-refractivity contribution in [3.8, 4) is 11.5 Å². The number of anilines is 3. The number of rotatable bonds is 17. The van der Waals surface area contributed by atoms with Crippen LogP contribution in [0.4, 0.5) is 17.2 Å². The average Bonchev–Trinajstić information content (AvgIpc) is 2.94. The van der Waals surface area contributed by atoms with E-state index in [0.717, 1.165) is 71.7 Å². The highest BCUT2D eigenvalue weighted by Crippen LogP contribution is 2.35. The van der Waals surface area contributed by atoms with Crippen molar-refractivity contribution in [1.82, 2.24) is 4.98 Å². The lowest BCUT2D eigenvalue weighted by molar-refractivity contribution is 0.414. The molecule has 3 aromatic rings. The molecule has 0 atom stereocenters. The number of nitrogen functional groups attached to an aromatic ring is 1. The van der Waals surface area contributed by atoms with E-state index < -0.39 is 9.84 Å². The molecule has 40 heavy (non-hydrogen) atoms. The number of hydrogen-bond acceptors (Lipinski definition) is 8. The molecule has 0 spiro atoms. The number of methoxy groups -OCH3 is 2. The Morgan fingerprint density at radius 3 is 2.05 bits per heavy atom. The standard InChI is InChI=1S/C31H44N4O4S/c1-5-6-7-10-28-27(21-23-11-15-25(38-2)16-12-23)30(33-19-8-9-20-40(4,36)37)29(32)31(35-28)34-22-24-13-17-26(39-3)18-14-24/h11-18H,5-10,19-22,32H2,1-4H3,(H2,33,34,35). The van der Waals surface area contributed by atoms with Gasteiger partial charge in [0.05, 0.1) is 25.6 Å². The first kappa shape index (κ1) is 31.1. The van der Waals surface area contributed by atoms with Gasteiger partial charge in [0.25, 0.3) is 0 Å². The number of unbranched alkanes of at least 4 members (excludes halogenated alkanes) is 3. The maximum atomic E-state index is 11.6. The van der Waals surface area contributed by atoms with Crippen LogP contribution in [0, 0.1) is 0 Å². The van der Waals surface area contributed by atoms with Gasteiger partial charge >= 0.3 is 0 Å². The highest BCUT2D eigenvalue weighted by molar-refractivity contribution is 7.90. The molecular formula is C31H44N4O4S. The van der Waals surface area contributed by atoms with Crippen LogP contribution < -0.4 is 25.8 Å². The average molecular weight is 569 g/mol. The molecule has 3 rings (SSSR count). The first-order valence-corrected chi connectivity index (χ1v) is 16.0. The van der Waals surface area contributed by atoms with Gasteiger partial charge < -0.3 is 25.8 Å². The molecule has 0 saturated heterocycles. The maximum Gasteiger partial charge on any atom is 0.151 e. The van der Waals surface area contributed by atoms with Crippen LogP contribution in [-0.4, -0.2) is 46.2 Å². The second-order valence-electron chi connectivity index (χ2n) is 10.1. The summed E-state index contributed by atoms with van der Waals surface area (Å²) in [6.45, 7) is 3.38. The smallest absolute Gasteiger partial charge is 0.151 e. The van der Waals surface area contributed by atoms with E-state index in [1.54, 1.807) is 14.2 Å². The van der Waals surface area contributed by atoms with E-state index in [1.807, 2.05) is 36.4 Å². The van der Waals surface area contributed by atoms with E-state index in [4.69, 9.17) is 20.2 Å². The van der Waals surface area contributed by atoms with Crippen molar-refractivity contribution in [3.63, 3.8) is 0 Å². The Kier molecular flexibility index (Phi) is 11.9. The fourth-order valence-corrected chi connectivity index (χ4v) is 5.27. The van der Waals surface area contributed by atoms with Crippen molar-refractivity contribution in [2.75, 3.05) is 49.1 Å². The Bertz CT molecular complexity index is 1310. The lowest BCUT2D eigenvalue weighted by atomic mass is 9.97. The van der Waals surface area contributed by atoms with Crippen LogP contribution in [0.3, 0.4) is 0 Å². The van der Waals surface area contributed by atoms with Crippen molar-refractivity contribution in [2.24, 2.45) is 0 Å². The summed E-state index contributed by atoms with van der Waals surface area (Å²) >= 11 is 0. The molecule has 0 radical (unpaired) electrons. The van der Waals surface area contributed by atoms with E-state index in [9.17, 15) is 8.42 Å². The van der Waals surface area contributed by atoms with Crippen molar-refractivity contribution >= 4 is 27.0 Å². The predicted octanol–water partition coefficient (Wildman–Crippen LogP) is 5.85. The number of ether oxygens (including phenoxy) is 2. The molecule has 8 nitrogen and oxygen atoms in total. The van der Waals surface area contributed by atoms with Gasteiger partial charge in [0.1, 0.15) is 21.3 Å². The Labute approximate surface area is 239 Å². The minimum absolute atomic E-state index is 0.177. The molecule has 0 aliphatic carbocycles. The van der Waals surface area contributed by atoms with Crippen molar-refractivity contribution in [3.05, 3.63) is 70.9 Å². The Hall–Kier alpha value is -3.46. The van der Waals surface area contributed by atoms with E-state index in [-0.39, 0.29) is 5.75 Å². The predicted molar refractivity (Wildman–Crippen MR) is 165 cm³/mol. The molecule has 1 aromatic heterocycles. The number of hydrogen-bond donors (Lipinski definition) is 3. The largest absolute Gasteiger partial charge is 0.497 e. The first-order chi connectivity index (χ1) is 19.2. The van der Waals surface area contributed by atoms with Gasteiger partial charge in [0.15, 0.2) is 5.82 Å². The molecule has 2 aromatic carbocycles. The summed E-state index contributed by atoms with van der Waals surface area (Å²) in [5.41, 5.74) is 12.5. The number of benzene rings is 2. The SMILES string of the molecule is CCCCCc1nc(NCc2ccc(OC)cc2)c(N)c(NCCCCS(C)(=O)=O)c1Cc1ccc(OC)cc1. The molecule has 0 amide bonds. The molecule has 0 saturated carbocycles. The molecule has 9 heteroatoms. The zero-order valence-electron chi connectivity index (χ0n) is 24.3. The minimum atomic E-state index is -2.99. The fourth-order valence-electron chi connectivity index (χ4n) is 4.54. The van der Waals surface area contributed by atoms with E-state index >= 15 is 0 Å². The summed E-state index contributed by atoms with van der Waals surface area (Å²) in [5.74, 6) is 2.45. The lowest BCUT2D eigenvalue weighted by Gasteiger charge is -2.22. The molecule has 4 N–H and O–H groups in total. The van der Waals surface area contributed by atoms with Gasteiger partial charge in [-0.1, -0.05) is 44.0 Å². The molecule has 0 bridgehead atoms. The van der Waals surface area contributed by atoms with Crippen LogP contribution in [0.1, 0.15) is 61.4 Å². The second kappa shape index (κ2) is 15.4. The van der Waals surface area contributed by atoms with E-state index in [1.165, 1.54) is 6.26 Å². The maximum absolute atomic E-state index is 11.6. The highest BCUT2D eigenvalue weighted by Gasteiger charge is 2.19. The van der Waals surface area contributed by atoms with Crippen molar-refractivity contribution in [2.45, 2.75) is 58.4 Å². The number of sulfone groups is 1. The third-order valence-electron chi connectivity index (χ3n) is 6.84. The third kappa shape index (κ3) is 9.62. The van der Waals surface area contributed by atoms with Crippen LogP contribution >= 0.6 is 0 Å². The second-order valence-corrected chi connectivity index (χ2v) is 12.4. The number of nitrogens with two attached hydrogens (primary N) is 1. The van der Waals surface area contributed by atoms with Crippen LogP contribution in [0.5, 0.6) is 11.5 Å². The van der Waals surface area contributed by atoms with Gasteiger partial charge in [-0.15, -0.1) is 0 Å². The third-order valence-corrected chi connectivity index (χ3v) is 7.87. The van der Waals surface area contributed by atoms with Gasteiger partial charge in [0, 0.05) is 42.8 Å². The number of pyridine rings is 1. The Balaban J connectivity index is 1.93. The summed E-state index contributed by atoms with van der Waals surface area (Å²) in [4.78, 5) is 5.06. The van der Waals surface area contributed by atoms with E-state index in [0.29, 0.717) is 37.4 Å². The van der Waals surface area contributed by atoms with Gasteiger partial charge in [0.2, 0.25) is 0 Å². The number of aromatic nitrogens is 1. The summed E-state index contributed by atoms with van der Waals surface area (Å²) < 4.78 is 33.8. The van der Waals surface area contributed by atoms with Crippen LogP contribution in [0.15, 0.2) is 48.5 Å². The Morgan fingerprint density at radius 1 is 0.850 bits per heavy atom. The lowest BCUT2D eigenvalue weighted by Crippen LogP contribution is -2.15. The summed E-state index contributed by atoms with van der Waals surface area (Å²) in [6, 6.07) is 16.0. The topological polar surface area (TPSA) is 116 Å². The molecular weight excluding hydrogens is 524 g/mol. The normalized spacial score (nSPS) is 11.3. The minimum Gasteiger partial charge on any atom is -0.497 e. The Morgan fingerprint density at radius 2 is 1.48 bits per heavy atom. The molecule has 0 aliphatic rings. The summed E-state index contributed by atoms with van der Waals surface area (Å²) in [6.07, 6.45) is 7.39. The summed E-state index contributed by atoms with van der Waals surface area (Å²) in [7, 11) is 0.328. The molecule has 1 heterocycles. The number of nitrogens with zero attached hydrogens (tertiary/aromatic N) is 1. The number of nitrogens with one attached hydrogen (secondary N) is 2. The molecule has 0 aliphatic heterocycles. The molecule has 218 valence electrons. The van der Waals surface area contributed by atoms with Gasteiger partial charge in [-0.3, -0.25) is 0 Å². The fraction of sp³-hybridized carbons (Fsp3) is 0.452. The first-order valence-electron chi connectivity index (χ1n) is 14.0. The van der Waals surface area contributed by atoms with Crippen molar-refractivity contribution < 1.29 is 17.9 Å². The summed E-state index contributed by atoms with van der Waals surface area (Å²) in [5, 5.41) is 7.01. The quantitative estimate of drug-likeness (QED) is 0.174. The van der Waals surface area contributed by atoms with Gasteiger partial charge in [-0.05, 0) is 61.1 Å². The van der Waals surface area contributed by atoms with Crippen LogP contribution in [0.2, 0.25) is 0 Å². The van der Waals surface area contributed by atoms with Crippen molar-refractivity contribution in [1.29, 1.82) is 0 Å². The number of aryl methyl sites for hydroxylation is 1. The van der Waals surface area contributed by atoms with Crippen LogP contribution in [-0.2, 0) is 29.2 Å². The van der Waals surface area contributed by atoms with Crippen LogP contribution in [0.25, 0.3) is 0 Å².